The van der Waals surface area contributed by atoms with E-state index < -0.39 is 10.0 Å². The van der Waals surface area contributed by atoms with Crippen molar-refractivity contribution < 1.29 is 13.2 Å². The van der Waals surface area contributed by atoms with Gasteiger partial charge < -0.3 is 4.74 Å². The average Bonchev–Trinajstić information content (AvgIpc) is 3.12. The Hall–Kier alpha value is -2.79. The van der Waals surface area contributed by atoms with Gasteiger partial charge in [-0.1, -0.05) is 42.5 Å². The zero-order valence-corrected chi connectivity index (χ0v) is 17.5. The minimum absolute atomic E-state index is 0.00454. The standard InChI is InChI=1S/C24H25NO3S/c1-3-25(29(26,27)22-12-6-8-18(2)16-22)20-10-7-11-21(17-20)28-24-15-14-19-9-4-5-13-23(19)24/h4-13,16-17,24H,3,14-15H2,1-2H3. The van der Waals surface area contributed by atoms with Crippen LogP contribution in [0.4, 0.5) is 5.69 Å². The van der Waals surface area contributed by atoms with E-state index in [-0.39, 0.29) is 6.10 Å². The highest BCUT2D eigenvalue weighted by Crippen LogP contribution is 2.36. The Kier molecular flexibility index (Phi) is 5.33. The predicted octanol–water partition coefficient (Wildman–Crippen LogP) is 5.28. The van der Waals surface area contributed by atoms with Crippen LogP contribution in [-0.2, 0) is 16.4 Å². The summed E-state index contributed by atoms with van der Waals surface area (Å²) in [7, 11) is -3.64. The molecule has 1 aliphatic rings. The fraction of sp³-hybridized carbons (Fsp3) is 0.250. The van der Waals surface area contributed by atoms with E-state index in [1.807, 2.05) is 50.2 Å². The Morgan fingerprint density at radius 2 is 1.79 bits per heavy atom. The van der Waals surface area contributed by atoms with Crippen LogP contribution in [0.25, 0.3) is 0 Å². The predicted molar refractivity (Wildman–Crippen MR) is 116 cm³/mol. The summed E-state index contributed by atoms with van der Waals surface area (Å²) in [6.45, 7) is 4.07. The number of ether oxygens (including phenoxy) is 1. The molecule has 29 heavy (non-hydrogen) atoms. The Labute approximate surface area is 172 Å². The maximum atomic E-state index is 13.2. The lowest BCUT2D eigenvalue weighted by Gasteiger charge is -2.24. The summed E-state index contributed by atoms with van der Waals surface area (Å²) in [5.74, 6) is 0.682. The van der Waals surface area contributed by atoms with E-state index >= 15 is 0 Å². The Morgan fingerprint density at radius 1 is 1.00 bits per heavy atom. The first-order valence-electron chi connectivity index (χ1n) is 9.93. The first kappa shape index (κ1) is 19.5. The third-order valence-corrected chi connectivity index (χ3v) is 7.23. The molecule has 3 aromatic carbocycles. The molecule has 0 aliphatic heterocycles. The molecular weight excluding hydrogens is 382 g/mol. The van der Waals surface area contributed by atoms with Gasteiger partial charge in [-0.05, 0) is 67.6 Å². The molecule has 0 bridgehead atoms. The van der Waals surface area contributed by atoms with Gasteiger partial charge in [-0.15, -0.1) is 0 Å². The van der Waals surface area contributed by atoms with Crippen molar-refractivity contribution in [2.75, 3.05) is 10.8 Å². The van der Waals surface area contributed by atoms with Crippen molar-refractivity contribution in [3.8, 4) is 5.75 Å². The number of aryl methyl sites for hydroxylation is 2. The second-order valence-electron chi connectivity index (χ2n) is 7.33. The Balaban J connectivity index is 1.62. The topological polar surface area (TPSA) is 46.6 Å². The van der Waals surface area contributed by atoms with E-state index in [1.54, 1.807) is 18.2 Å². The second-order valence-corrected chi connectivity index (χ2v) is 9.19. The first-order valence-corrected chi connectivity index (χ1v) is 11.4. The summed E-state index contributed by atoms with van der Waals surface area (Å²) >= 11 is 0. The molecule has 0 fully saturated rings. The summed E-state index contributed by atoms with van der Waals surface area (Å²) in [6.07, 6.45) is 1.94. The molecule has 1 aliphatic carbocycles. The molecule has 3 aromatic rings. The minimum atomic E-state index is -3.64. The average molecular weight is 408 g/mol. The molecule has 0 spiro atoms. The number of nitrogens with zero attached hydrogens (tertiary/aromatic N) is 1. The van der Waals surface area contributed by atoms with E-state index in [2.05, 4.69) is 18.2 Å². The van der Waals surface area contributed by atoms with Gasteiger partial charge >= 0.3 is 0 Å². The highest BCUT2D eigenvalue weighted by atomic mass is 32.2. The number of hydrogen-bond acceptors (Lipinski definition) is 3. The van der Waals surface area contributed by atoms with Crippen LogP contribution >= 0.6 is 0 Å². The highest BCUT2D eigenvalue weighted by Gasteiger charge is 2.26. The van der Waals surface area contributed by atoms with Gasteiger partial charge in [0, 0.05) is 12.6 Å². The van der Waals surface area contributed by atoms with Gasteiger partial charge in [0.15, 0.2) is 0 Å². The van der Waals surface area contributed by atoms with Gasteiger partial charge in [0.1, 0.15) is 11.9 Å². The van der Waals surface area contributed by atoms with E-state index in [0.717, 1.165) is 18.4 Å². The van der Waals surface area contributed by atoms with E-state index in [0.29, 0.717) is 22.9 Å². The summed E-state index contributed by atoms with van der Waals surface area (Å²) in [6, 6.07) is 22.7. The van der Waals surface area contributed by atoms with Gasteiger partial charge in [-0.2, -0.15) is 0 Å². The summed E-state index contributed by atoms with van der Waals surface area (Å²) in [5, 5.41) is 0. The zero-order chi connectivity index (χ0) is 20.4. The lowest BCUT2D eigenvalue weighted by molar-refractivity contribution is 0.207. The Morgan fingerprint density at radius 3 is 2.59 bits per heavy atom. The van der Waals surface area contributed by atoms with Crippen LogP contribution in [0.1, 0.15) is 36.1 Å². The van der Waals surface area contributed by atoms with Crippen molar-refractivity contribution in [3.63, 3.8) is 0 Å². The van der Waals surface area contributed by atoms with Crippen LogP contribution < -0.4 is 9.04 Å². The molecule has 4 rings (SSSR count). The molecule has 0 radical (unpaired) electrons. The van der Waals surface area contributed by atoms with Crippen LogP contribution in [0.15, 0.2) is 77.7 Å². The van der Waals surface area contributed by atoms with Crippen LogP contribution in [0, 0.1) is 6.92 Å². The lowest BCUT2D eigenvalue weighted by atomic mass is 10.1. The first-order chi connectivity index (χ1) is 14.0. The number of sulfonamides is 1. The van der Waals surface area contributed by atoms with E-state index in [4.69, 9.17) is 4.74 Å². The van der Waals surface area contributed by atoms with Crippen molar-refractivity contribution in [1.82, 2.24) is 0 Å². The number of anilines is 1. The molecule has 4 nitrogen and oxygen atoms in total. The maximum absolute atomic E-state index is 13.2. The third-order valence-electron chi connectivity index (χ3n) is 5.33. The fourth-order valence-corrected chi connectivity index (χ4v) is 5.48. The lowest BCUT2D eigenvalue weighted by Crippen LogP contribution is -2.30. The van der Waals surface area contributed by atoms with Gasteiger partial charge in [0.05, 0.1) is 10.6 Å². The highest BCUT2D eigenvalue weighted by molar-refractivity contribution is 7.92. The molecular formula is C24H25NO3S. The molecule has 0 heterocycles. The van der Waals surface area contributed by atoms with Crippen LogP contribution in [0.3, 0.4) is 0 Å². The largest absolute Gasteiger partial charge is 0.486 e. The summed E-state index contributed by atoms with van der Waals surface area (Å²) in [5.41, 5.74) is 4.07. The number of benzene rings is 3. The molecule has 0 saturated heterocycles. The monoisotopic (exact) mass is 407 g/mol. The summed E-state index contributed by atoms with van der Waals surface area (Å²) < 4.78 is 34.1. The number of fused-ring (bicyclic) bond motifs is 1. The van der Waals surface area contributed by atoms with Crippen LogP contribution in [0.5, 0.6) is 5.75 Å². The number of rotatable bonds is 6. The molecule has 0 saturated carbocycles. The smallest absolute Gasteiger partial charge is 0.264 e. The normalized spacial score (nSPS) is 15.7. The fourth-order valence-electron chi connectivity index (χ4n) is 3.91. The van der Waals surface area contributed by atoms with E-state index in [1.165, 1.54) is 15.4 Å². The van der Waals surface area contributed by atoms with Crippen LogP contribution in [0.2, 0.25) is 0 Å². The van der Waals surface area contributed by atoms with Crippen molar-refractivity contribution in [1.29, 1.82) is 0 Å². The Bertz CT molecular complexity index is 1120. The third kappa shape index (κ3) is 3.87. The molecule has 1 atom stereocenters. The van der Waals surface area contributed by atoms with Gasteiger partial charge in [0.2, 0.25) is 0 Å². The zero-order valence-electron chi connectivity index (χ0n) is 16.7. The second kappa shape index (κ2) is 7.91. The molecule has 0 aromatic heterocycles. The van der Waals surface area contributed by atoms with E-state index in [9.17, 15) is 8.42 Å². The van der Waals surface area contributed by atoms with Crippen LogP contribution in [-0.4, -0.2) is 15.0 Å². The van der Waals surface area contributed by atoms with Crippen molar-refractivity contribution in [2.24, 2.45) is 0 Å². The SMILES string of the molecule is CCN(c1cccc(OC2CCc3ccccc32)c1)S(=O)(=O)c1cccc(C)c1. The number of hydrogen-bond donors (Lipinski definition) is 0. The van der Waals surface area contributed by atoms with Gasteiger partial charge in [-0.25, -0.2) is 8.42 Å². The molecule has 0 N–H and O–H groups in total. The van der Waals surface area contributed by atoms with Crippen molar-refractivity contribution in [3.05, 3.63) is 89.5 Å². The molecule has 150 valence electrons. The molecule has 1 unspecified atom stereocenters. The van der Waals surface area contributed by atoms with Crippen molar-refractivity contribution in [2.45, 2.75) is 37.7 Å². The van der Waals surface area contributed by atoms with Crippen molar-refractivity contribution >= 4 is 15.7 Å². The van der Waals surface area contributed by atoms with Gasteiger partial charge in [-0.3, -0.25) is 4.31 Å². The molecule has 0 amide bonds. The van der Waals surface area contributed by atoms with Gasteiger partial charge in [0.25, 0.3) is 10.0 Å². The molecule has 5 heteroatoms. The summed E-state index contributed by atoms with van der Waals surface area (Å²) in [4.78, 5) is 0.301. The quantitative estimate of drug-likeness (QED) is 0.559. The maximum Gasteiger partial charge on any atom is 0.264 e. The minimum Gasteiger partial charge on any atom is -0.486 e.